The predicted molar refractivity (Wildman–Crippen MR) is 589 cm³/mol. The quantitative estimate of drug-likeness (QED) is 0.0967. The van der Waals surface area contributed by atoms with Crippen LogP contribution in [-0.2, 0) is 80.6 Å². The molecule has 0 N–H and O–H groups in total. The molecule has 3 aliphatic rings. The summed E-state index contributed by atoms with van der Waals surface area (Å²) < 4.78 is 24.3. The lowest BCUT2D eigenvalue weighted by Crippen LogP contribution is -2.51. The van der Waals surface area contributed by atoms with Crippen molar-refractivity contribution in [1.29, 1.82) is 0 Å². The molecule has 0 saturated heterocycles. The lowest BCUT2D eigenvalue weighted by Gasteiger charge is -2.43. The van der Waals surface area contributed by atoms with Crippen LogP contribution in [-0.4, -0.2) is 22.3 Å². The highest BCUT2D eigenvalue weighted by molar-refractivity contribution is 6.17. The Kier molecular flexibility index (Phi) is 22.9. The van der Waals surface area contributed by atoms with Crippen LogP contribution in [0.3, 0.4) is 0 Å². The van der Waals surface area contributed by atoms with Gasteiger partial charge in [0.05, 0.1) is 62.3 Å². The fourth-order valence-electron chi connectivity index (χ4n) is 25.3. The smallest absolute Gasteiger partial charge is 0.232 e. The molecule has 0 saturated carbocycles. The summed E-state index contributed by atoms with van der Waals surface area (Å²) in [6.07, 6.45) is 11.2. The third-order valence-corrected chi connectivity index (χ3v) is 34.5. The number of hydrogen-bond donors (Lipinski definition) is 0. The van der Waals surface area contributed by atoms with Gasteiger partial charge in [0.25, 0.3) is 28.4 Å². The van der Waals surface area contributed by atoms with E-state index < -0.39 is 0 Å². The number of aryl methyl sites for hydroxylation is 10. The second-order valence-corrected chi connectivity index (χ2v) is 46.0. The maximum Gasteiger partial charge on any atom is 0.295 e. The van der Waals surface area contributed by atoms with Gasteiger partial charge < -0.3 is 0 Å². The van der Waals surface area contributed by atoms with Gasteiger partial charge in [0.1, 0.15) is 58.2 Å². The number of benzene rings is 12. The van der Waals surface area contributed by atoms with E-state index in [2.05, 4.69) is 528 Å². The lowest BCUT2D eigenvalue weighted by atomic mass is 9.60. The summed E-state index contributed by atoms with van der Waals surface area (Å²) in [7, 11) is 11.0. The molecule has 12 heterocycles. The van der Waals surface area contributed by atoms with Gasteiger partial charge in [-0.05, 0) is 122 Å². The third kappa shape index (κ3) is 13.9. The van der Waals surface area contributed by atoms with Crippen LogP contribution < -0.4 is 22.7 Å². The first-order chi connectivity index (χ1) is 66.5. The van der Waals surface area contributed by atoms with E-state index >= 15 is 0 Å². The number of hydrogen-bond acceptors (Lipinski definition) is 0. The van der Waals surface area contributed by atoms with E-state index in [0.717, 1.165) is 12.8 Å². The molecule has 24 rings (SSSR count). The molecule has 21 aromatic rings. The first-order valence-corrected chi connectivity index (χ1v) is 51.4. The van der Waals surface area contributed by atoms with Crippen LogP contribution in [0.25, 0.3) is 149 Å². The van der Waals surface area contributed by atoms with Gasteiger partial charge in [-0.2, -0.15) is 22.2 Å². The van der Waals surface area contributed by atoms with Crippen LogP contribution in [0.15, 0.2) is 267 Å². The van der Waals surface area contributed by atoms with Crippen molar-refractivity contribution < 1.29 is 22.7 Å². The number of pyridine rings is 4. The van der Waals surface area contributed by atoms with Gasteiger partial charge in [-0.3, -0.25) is 0 Å². The second kappa shape index (κ2) is 34.0. The fraction of sp³-hybridized carbons (Fsp3) is 0.331. The van der Waals surface area contributed by atoms with Crippen molar-refractivity contribution in [3.63, 3.8) is 0 Å². The number of aromatic nitrogens is 10. The third-order valence-electron chi connectivity index (χ3n) is 34.5. The maximum atomic E-state index is 2.59. The van der Waals surface area contributed by atoms with Gasteiger partial charge in [0, 0.05) is 121 Å². The van der Waals surface area contributed by atoms with Gasteiger partial charge in [0.15, 0.2) is 28.5 Å². The van der Waals surface area contributed by atoms with Crippen molar-refractivity contribution in [2.45, 2.75) is 237 Å². The highest BCUT2D eigenvalue weighted by Crippen LogP contribution is 2.56. The summed E-state index contributed by atoms with van der Waals surface area (Å²) in [6, 6.07) is 89.6. The Balaban J connectivity index is 0.000000108. The van der Waals surface area contributed by atoms with Crippen molar-refractivity contribution in [2.75, 3.05) is 0 Å². The first kappa shape index (κ1) is 94.3. The molecular formula is C130H145N10+5. The molecule has 12 aromatic carbocycles. The number of para-hydroxylation sites is 5. The average molecular weight is 1850 g/mol. The van der Waals surface area contributed by atoms with E-state index in [9.17, 15) is 0 Å². The summed E-state index contributed by atoms with van der Waals surface area (Å²) in [5, 5.41) is 16.3. The highest BCUT2D eigenvalue weighted by atomic mass is 15.2. The minimum atomic E-state index is -0.0556. The monoisotopic (exact) mass is 1850 g/mol. The minimum absolute atomic E-state index is 0.0121. The first-order valence-electron chi connectivity index (χ1n) is 51.4. The molecule has 140 heavy (non-hydrogen) atoms. The molecule has 10 nitrogen and oxygen atoms in total. The largest absolute Gasteiger partial charge is 0.295 e. The SMILES string of the molecule is Cc1cccc2c3cccc4c3[n+]3c(c(C)n(C)c3c12)C(C)(C)C4(C)C.Cc1cccc2c3cccc4c3n3c(c(-c5ccccc5)[n+](C)c3c12)C(C)(C)C4(C)C.Cc1cccc2c3cccc4c3n3c(c[n+](C)c3c12)C(C)(C)C4(C)C.Cc1cccc2c3ccccc3n3c(-c4c(CC(C)C)cccc4CC(C)C)c[n+](C)c3c12.Cc1ccccc1-c1n(-c2c(C(C)C)cccc2C(C)C)cc[n+]1C. The Morgan fingerprint density at radius 3 is 1.32 bits per heavy atom. The summed E-state index contributed by atoms with van der Waals surface area (Å²) >= 11 is 0. The van der Waals surface area contributed by atoms with E-state index in [1.807, 2.05) is 0 Å². The predicted octanol–water partition coefficient (Wildman–Crippen LogP) is 29.8. The van der Waals surface area contributed by atoms with Gasteiger partial charge in [-0.15, -0.1) is 0 Å². The van der Waals surface area contributed by atoms with Gasteiger partial charge >= 0.3 is 0 Å². The molecule has 0 fully saturated rings. The number of fused-ring (bicyclic) bond motifs is 15. The average Bonchev–Trinajstić information content (AvgIpc) is 1.47. The molecule has 0 amide bonds. The van der Waals surface area contributed by atoms with E-state index in [-0.39, 0.29) is 32.5 Å². The molecule has 10 heteroatoms. The molecule has 0 unspecified atom stereocenters. The minimum Gasteiger partial charge on any atom is -0.232 e. The second-order valence-electron chi connectivity index (χ2n) is 46.0. The molecule has 0 atom stereocenters. The van der Waals surface area contributed by atoms with Gasteiger partial charge in [-0.25, -0.2) is 22.8 Å². The molecule has 0 spiro atoms. The topological polar surface area (TPSA) is 42.7 Å². The number of nitrogens with zero attached hydrogens (tertiary/aromatic N) is 10. The normalized spacial score (nSPS) is 15.1. The summed E-state index contributed by atoms with van der Waals surface area (Å²) in [5.74, 6) is 3.40. The van der Waals surface area contributed by atoms with Crippen LogP contribution in [0.1, 0.15) is 240 Å². The molecule has 3 aliphatic heterocycles. The Morgan fingerprint density at radius 1 is 0.350 bits per heavy atom. The van der Waals surface area contributed by atoms with Crippen LogP contribution in [0.2, 0.25) is 0 Å². The fourth-order valence-corrected chi connectivity index (χ4v) is 25.3. The zero-order chi connectivity index (χ0) is 99.4. The van der Waals surface area contributed by atoms with Crippen LogP contribution in [0, 0.1) is 53.4 Å². The molecule has 710 valence electrons. The Bertz CT molecular complexity index is 8630. The van der Waals surface area contributed by atoms with Crippen LogP contribution in [0.5, 0.6) is 0 Å². The Labute approximate surface area is 829 Å². The van der Waals surface area contributed by atoms with Crippen molar-refractivity contribution in [3.05, 3.63) is 357 Å². The summed E-state index contributed by atoms with van der Waals surface area (Å²) in [5.41, 5.74) is 41.1. The van der Waals surface area contributed by atoms with Crippen LogP contribution in [0.4, 0.5) is 0 Å². The Morgan fingerprint density at radius 2 is 0.771 bits per heavy atom. The highest BCUT2D eigenvalue weighted by Gasteiger charge is 2.55. The van der Waals surface area contributed by atoms with Crippen molar-refractivity contribution in [1.82, 2.24) is 22.3 Å². The maximum absolute atomic E-state index is 2.59. The number of imidazole rings is 5. The summed E-state index contributed by atoms with van der Waals surface area (Å²) in [4.78, 5) is 0. The van der Waals surface area contributed by atoms with Crippen molar-refractivity contribution in [3.8, 4) is 39.6 Å². The van der Waals surface area contributed by atoms with E-state index in [1.165, 1.54) is 238 Å². The molecule has 0 bridgehead atoms. The van der Waals surface area contributed by atoms with Gasteiger partial charge in [-0.1, -0.05) is 369 Å². The zero-order valence-corrected chi connectivity index (χ0v) is 89.1. The zero-order valence-electron chi connectivity index (χ0n) is 89.1. The van der Waals surface area contributed by atoms with Gasteiger partial charge in [0.2, 0.25) is 0 Å². The Hall–Kier alpha value is -13.3. The number of rotatable bonds is 10. The van der Waals surface area contributed by atoms with Crippen LogP contribution >= 0.6 is 0 Å². The van der Waals surface area contributed by atoms with E-state index in [1.54, 1.807) is 0 Å². The van der Waals surface area contributed by atoms with Crippen molar-refractivity contribution >= 4 is 109 Å². The van der Waals surface area contributed by atoms with E-state index in [4.69, 9.17) is 0 Å². The molecule has 9 aromatic heterocycles. The molecular weight excluding hydrogens is 1700 g/mol. The molecule has 0 aliphatic carbocycles. The standard InChI is InChI=1S/C31H35N2.C29H29N2.C24H27N2.C23H25N2.C23H29N2/c1-20(2)17-23-12-10-13-24(18-21(3)4)30(23)28-19-32(6)31-29-22(5)11-9-15-26(29)25-14-7-8-16-27(25)33(28)31;1-18-12-10-15-20-21-16-11-17-22-25(21)31-26(29(4,5)28(22,2)3)24(19-13-8-7-9-14-19)30(6)27(31)23(18)20;1-14-10-8-11-16-17-12-9-13-18-20(17)26-21(24(5,6)23(18,3)4)15(2)25(7)22(26)19(14)16;1-14-9-7-10-15-16-11-8-12-17-20(16)25-18(23(4,5)22(17,2)3)13-24(6)21(25)19(14)15;1-16(2)19-12-9-13-20(17(3)4)22(19)25-15-14-24(6)23(25)21-11-8-7-10-18(21)5/h7-16,19-21H,17-18H2,1-6H3;7-17H,1-6H3;8-13H,1-7H3;7-13H,1-6H3;7-17H,1-6H3/q5*+1. The van der Waals surface area contributed by atoms with E-state index in [0.29, 0.717) is 23.7 Å². The lowest BCUT2D eigenvalue weighted by molar-refractivity contribution is -0.659. The molecule has 0 radical (unpaired) electrons. The van der Waals surface area contributed by atoms with Crippen molar-refractivity contribution in [2.24, 2.45) is 47.1 Å². The summed E-state index contributed by atoms with van der Waals surface area (Å²) in [6.45, 7) is 60.7.